The average Bonchev–Trinajstić information content (AvgIpc) is 2.40. The van der Waals surface area contributed by atoms with Gasteiger partial charge in [-0.2, -0.15) is 0 Å². The van der Waals surface area contributed by atoms with Gasteiger partial charge in [-0.15, -0.1) is 0 Å². The van der Waals surface area contributed by atoms with E-state index in [0.717, 1.165) is 19.4 Å². The Labute approximate surface area is 129 Å². The smallest absolute Gasteiger partial charge is 0.236 e. The monoisotopic (exact) mass is 303 g/mol. The Morgan fingerprint density at radius 1 is 1.14 bits per heavy atom. The van der Waals surface area contributed by atoms with Crippen LogP contribution in [-0.2, 0) is 14.3 Å². The van der Waals surface area contributed by atoms with Crippen LogP contribution >= 0.6 is 0 Å². The Hall–Kier alpha value is -0.690. The molecule has 0 aliphatic rings. The van der Waals surface area contributed by atoms with Gasteiger partial charge in [0.25, 0.3) is 0 Å². The van der Waals surface area contributed by atoms with Gasteiger partial charge in [0.05, 0.1) is 25.9 Å². The molecule has 0 radical (unpaired) electrons. The molecule has 0 aromatic rings. The van der Waals surface area contributed by atoms with Crippen LogP contribution in [0.1, 0.15) is 40.0 Å². The Morgan fingerprint density at radius 3 is 2.48 bits per heavy atom. The maximum Gasteiger partial charge on any atom is 0.236 e. The van der Waals surface area contributed by atoms with Gasteiger partial charge in [-0.3, -0.25) is 4.79 Å². The quantitative estimate of drug-likeness (QED) is 0.461. The second-order valence-corrected chi connectivity index (χ2v) is 6.18. The number of nitrogens with two attached hydrogens (primary N) is 1. The molecule has 1 unspecified atom stereocenters. The van der Waals surface area contributed by atoms with Gasteiger partial charge in [-0.25, -0.2) is 0 Å². The van der Waals surface area contributed by atoms with Crippen LogP contribution in [0.5, 0.6) is 0 Å². The Morgan fingerprint density at radius 2 is 1.86 bits per heavy atom. The number of carbonyl (C=O) groups excluding carboxylic acids is 1. The number of hydrogen-bond donors (Lipinski definition) is 3. The molecule has 0 fully saturated rings. The number of ether oxygens (including phenoxy) is 2. The molecule has 0 bridgehead atoms. The molecule has 126 valence electrons. The second kappa shape index (κ2) is 11.9. The number of rotatable bonds is 12. The van der Waals surface area contributed by atoms with Crippen LogP contribution < -0.4 is 16.4 Å². The molecule has 0 aromatic heterocycles. The van der Waals surface area contributed by atoms with Crippen molar-refractivity contribution < 1.29 is 14.3 Å². The number of methoxy groups -OCH3 is 1. The Kier molecular flexibility index (Phi) is 11.5. The van der Waals surface area contributed by atoms with Crippen LogP contribution in [0.2, 0.25) is 0 Å². The highest BCUT2D eigenvalue weighted by Gasteiger charge is 2.12. The topological polar surface area (TPSA) is 85.6 Å². The van der Waals surface area contributed by atoms with Crippen molar-refractivity contribution in [2.24, 2.45) is 5.73 Å². The lowest BCUT2D eigenvalue weighted by Crippen LogP contribution is -2.42. The minimum Gasteiger partial charge on any atom is -0.382 e. The summed E-state index contributed by atoms with van der Waals surface area (Å²) in [5.41, 5.74) is 6.00. The van der Waals surface area contributed by atoms with E-state index in [1.165, 1.54) is 0 Å². The zero-order valence-corrected chi connectivity index (χ0v) is 14.0. The lowest BCUT2D eigenvalue weighted by atomic mass is 10.1. The standard InChI is InChI=1S/C15H33N3O3/c1-15(2,3)18-8-6-5-7-13(16)14(19)17-9-10-21-12-11-20-4/h13,18H,5-12,16H2,1-4H3,(H,17,19). The van der Waals surface area contributed by atoms with E-state index in [0.29, 0.717) is 32.8 Å². The minimum atomic E-state index is -0.432. The molecule has 0 aliphatic heterocycles. The van der Waals surface area contributed by atoms with Gasteiger partial charge in [0.1, 0.15) is 0 Å². The summed E-state index contributed by atoms with van der Waals surface area (Å²) in [5, 5.41) is 6.19. The number of unbranched alkanes of at least 4 members (excludes halogenated alkanes) is 1. The van der Waals surface area contributed by atoms with Crippen molar-refractivity contribution in [1.29, 1.82) is 0 Å². The Balaban J connectivity index is 3.49. The van der Waals surface area contributed by atoms with Crippen molar-refractivity contribution >= 4 is 5.91 Å². The summed E-state index contributed by atoms with van der Waals surface area (Å²) in [6.45, 7) is 9.45. The highest BCUT2D eigenvalue weighted by Crippen LogP contribution is 2.02. The number of amides is 1. The summed E-state index contributed by atoms with van der Waals surface area (Å²) in [6.07, 6.45) is 2.68. The van der Waals surface area contributed by atoms with Gasteiger partial charge in [-0.05, 0) is 40.2 Å². The number of hydrogen-bond acceptors (Lipinski definition) is 5. The van der Waals surface area contributed by atoms with E-state index in [4.69, 9.17) is 15.2 Å². The molecule has 1 atom stereocenters. The van der Waals surface area contributed by atoms with Crippen molar-refractivity contribution in [3.05, 3.63) is 0 Å². The lowest BCUT2D eigenvalue weighted by molar-refractivity contribution is -0.122. The molecule has 0 aliphatic carbocycles. The second-order valence-electron chi connectivity index (χ2n) is 6.18. The summed E-state index contributed by atoms with van der Waals surface area (Å²) in [7, 11) is 1.63. The third-order valence-electron chi connectivity index (χ3n) is 2.91. The molecular weight excluding hydrogens is 270 g/mol. The molecule has 0 saturated carbocycles. The first-order chi connectivity index (χ1) is 9.87. The van der Waals surface area contributed by atoms with E-state index in [1.54, 1.807) is 7.11 Å². The fourth-order valence-electron chi connectivity index (χ4n) is 1.71. The van der Waals surface area contributed by atoms with Crippen LogP contribution in [0.15, 0.2) is 0 Å². The average molecular weight is 303 g/mol. The van der Waals surface area contributed by atoms with E-state index in [-0.39, 0.29) is 11.4 Å². The zero-order valence-electron chi connectivity index (χ0n) is 14.0. The van der Waals surface area contributed by atoms with Gasteiger partial charge in [0.15, 0.2) is 0 Å². The van der Waals surface area contributed by atoms with Crippen molar-refractivity contribution in [2.75, 3.05) is 40.0 Å². The van der Waals surface area contributed by atoms with Gasteiger partial charge >= 0.3 is 0 Å². The molecule has 6 heteroatoms. The zero-order chi connectivity index (χ0) is 16.1. The number of carbonyl (C=O) groups is 1. The SMILES string of the molecule is COCCOCCNC(=O)C(N)CCCCNC(C)(C)C. The van der Waals surface area contributed by atoms with Crippen LogP contribution in [0.4, 0.5) is 0 Å². The molecule has 1 amide bonds. The maximum absolute atomic E-state index is 11.7. The minimum absolute atomic E-state index is 0.103. The highest BCUT2D eigenvalue weighted by atomic mass is 16.5. The third-order valence-corrected chi connectivity index (χ3v) is 2.91. The Bertz CT molecular complexity index is 267. The molecule has 0 heterocycles. The van der Waals surface area contributed by atoms with Gasteiger partial charge in [-0.1, -0.05) is 6.42 Å². The first-order valence-electron chi connectivity index (χ1n) is 7.72. The molecule has 4 N–H and O–H groups in total. The van der Waals surface area contributed by atoms with Gasteiger partial charge in [0.2, 0.25) is 5.91 Å². The lowest BCUT2D eigenvalue weighted by Gasteiger charge is -2.20. The molecule has 6 nitrogen and oxygen atoms in total. The summed E-state index contributed by atoms with van der Waals surface area (Å²) >= 11 is 0. The molecule has 0 saturated heterocycles. The molecule has 0 spiro atoms. The fourth-order valence-corrected chi connectivity index (χ4v) is 1.71. The largest absolute Gasteiger partial charge is 0.382 e. The predicted octanol–water partition coefficient (Wildman–Crippen LogP) is 0.651. The van der Waals surface area contributed by atoms with Crippen LogP contribution in [0.25, 0.3) is 0 Å². The van der Waals surface area contributed by atoms with E-state index < -0.39 is 6.04 Å². The first kappa shape index (κ1) is 20.3. The van der Waals surface area contributed by atoms with E-state index in [9.17, 15) is 4.79 Å². The molecular formula is C15H33N3O3. The van der Waals surface area contributed by atoms with Crippen molar-refractivity contribution in [1.82, 2.24) is 10.6 Å². The highest BCUT2D eigenvalue weighted by molar-refractivity contribution is 5.81. The normalized spacial score (nSPS) is 13.2. The maximum atomic E-state index is 11.7. The number of nitrogens with one attached hydrogen (secondary N) is 2. The van der Waals surface area contributed by atoms with Gasteiger partial charge < -0.3 is 25.8 Å². The summed E-state index contributed by atoms with van der Waals surface area (Å²) in [6, 6.07) is -0.432. The van der Waals surface area contributed by atoms with Crippen molar-refractivity contribution in [2.45, 2.75) is 51.6 Å². The third kappa shape index (κ3) is 14.0. The van der Waals surface area contributed by atoms with Crippen molar-refractivity contribution in [3.8, 4) is 0 Å². The van der Waals surface area contributed by atoms with E-state index in [2.05, 4.69) is 31.4 Å². The van der Waals surface area contributed by atoms with E-state index in [1.807, 2.05) is 0 Å². The van der Waals surface area contributed by atoms with Gasteiger partial charge in [0, 0.05) is 19.2 Å². The summed E-state index contributed by atoms with van der Waals surface area (Å²) in [4.78, 5) is 11.7. The first-order valence-corrected chi connectivity index (χ1v) is 7.72. The molecule has 0 rings (SSSR count). The van der Waals surface area contributed by atoms with Crippen LogP contribution in [0, 0.1) is 0 Å². The van der Waals surface area contributed by atoms with Crippen molar-refractivity contribution in [3.63, 3.8) is 0 Å². The predicted molar refractivity (Wildman–Crippen MR) is 85.3 cm³/mol. The van der Waals surface area contributed by atoms with Crippen LogP contribution in [0.3, 0.4) is 0 Å². The molecule has 21 heavy (non-hydrogen) atoms. The van der Waals surface area contributed by atoms with E-state index >= 15 is 0 Å². The molecule has 0 aromatic carbocycles. The fraction of sp³-hybridized carbons (Fsp3) is 0.933. The van der Waals surface area contributed by atoms with Crippen LogP contribution in [-0.4, -0.2) is 57.5 Å². The summed E-state index contributed by atoms with van der Waals surface area (Å²) in [5.74, 6) is -0.103. The summed E-state index contributed by atoms with van der Waals surface area (Å²) < 4.78 is 10.1.